The summed E-state index contributed by atoms with van der Waals surface area (Å²) in [6, 6.07) is 2.71. The van der Waals surface area contributed by atoms with Crippen molar-refractivity contribution in [2.45, 2.75) is 169 Å². The first-order chi connectivity index (χ1) is 29.9. The number of morpholine rings is 1. The van der Waals surface area contributed by atoms with Crippen LogP contribution < -0.4 is 19.1 Å². The molecule has 12 heteroatoms. The van der Waals surface area contributed by atoms with Gasteiger partial charge < -0.3 is 24.3 Å². The number of rotatable bonds is 14. The number of ether oxygens (including phenoxy) is 4. The Kier molecular flexibility index (Phi) is 11.1. The van der Waals surface area contributed by atoms with Gasteiger partial charge in [-0.25, -0.2) is 12.7 Å². The van der Waals surface area contributed by atoms with E-state index in [0.29, 0.717) is 42.5 Å². The minimum absolute atomic E-state index is 0.0171. The summed E-state index contributed by atoms with van der Waals surface area (Å²) in [5, 5.41) is 3.06. The highest BCUT2D eigenvalue weighted by Crippen LogP contribution is 2.61. The molecule has 0 aromatic heterocycles. The van der Waals surface area contributed by atoms with Gasteiger partial charge in [0, 0.05) is 38.0 Å². The van der Waals surface area contributed by atoms with Gasteiger partial charge in [-0.3, -0.25) is 14.5 Å². The van der Waals surface area contributed by atoms with Crippen molar-refractivity contribution in [3.05, 3.63) is 45.5 Å². The third-order valence-corrected chi connectivity index (χ3v) is 15.2. The number of hydrogen-bond donors (Lipinski definition) is 1. The molecule has 3 aliphatic rings. The molecule has 5 rings (SSSR count). The van der Waals surface area contributed by atoms with Crippen LogP contribution in [0.1, 0.15) is 155 Å². The molecule has 1 saturated heterocycles. The quantitative estimate of drug-likeness (QED) is 0.198. The molecule has 1 N–H and O–H groups in total. The summed E-state index contributed by atoms with van der Waals surface area (Å²) in [7, 11) is -3.95. The maximum Gasteiger partial charge on any atom is 0.274 e. The van der Waals surface area contributed by atoms with E-state index in [1.165, 1.54) is 46.9 Å². The first kappa shape index (κ1) is 39.6. The highest BCUT2D eigenvalue weighted by molar-refractivity contribution is 7.93. The maximum atomic E-state index is 16.2. The van der Waals surface area contributed by atoms with Crippen LogP contribution >= 0.6 is 0 Å². The zero-order chi connectivity index (χ0) is 50.6. The third kappa shape index (κ3) is 8.24. The van der Waals surface area contributed by atoms with Gasteiger partial charge in [0.15, 0.2) is 0 Å². The lowest BCUT2D eigenvalue weighted by Crippen LogP contribution is -2.61. The maximum absolute atomic E-state index is 16.2. The van der Waals surface area contributed by atoms with Crippen molar-refractivity contribution >= 4 is 27.5 Å². The largest absolute Gasteiger partial charge is 0.495 e. The molecule has 2 fully saturated rings. The Morgan fingerprint density at radius 3 is 2.23 bits per heavy atom. The van der Waals surface area contributed by atoms with Crippen LogP contribution in [0.4, 0.5) is 5.69 Å². The van der Waals surface area contributed by atoms with E-state index in [0.717, 1.165) is 0 Å². The molecule has 336 valence electrons. The van der Waals surface area contributed by atoms with Crippen molar-refractivity contribution in [3.8, 4) is 11.5 Å². The Hall–Kier alpha value is -3.19. The van der Waals surface area contributed by atoms with Crippen molar-refractivity contribution in [2.24, 2.45) is 17.7 Å². The number of carbonyl (C=O) groups is 2. The lowest BCUT2D eigenvalue weighted by atomic mass is 9.55. The monoisotopic (exact) mass is 860 g/mol. The van der Waals surface area contributed by atoms with Crippen molar-refractivity contribution in [2.75, 3.05) is 44.3 Å². The molecule has 0 bridgehead atoms. The number of nitrogens with one attached hydrogen (secondary N) is 1. The minimum atomic E-state index is -5.19. The van der Waals surface area contributed by atoms with Gasteiger partial charge in [0.1, 0.15) is 16.4 Å². The Morgan fingerprint density at radius 1 is 1.03 bits per heavy atom. The Bertz CT molecular complexity index is 2350. The number of hydrogen-bond acceptors (Lipinski definition) is 9. The number of methoxy groups -OCH3 is 1. The van der Waals surface area contributed by atoms with E-state index in [1.807, 2.05) is 48.5 Å². The fourth-order valence-electron chi connectivity index (χ4n) is 8.92. The number of amides is 2. The van der Waals surface area contributed by atoms with E-state index in [4.69, 9.17) is 18.9 Å². The summed E-state index contributed by atoms with van der Waals surface area (Å²) in [6.07, 6.45) is -5.48. The molecule has 2 aliphatic heterocycles. The molecule has 1 saturated carbocycles. The molecule has 2 aromatic carbocycles. The van der Waals surface area contributed by atoms with Crippen LogP contribution in [0.2, 0.25) is 0 Å². The van der Waals surface area contributed by atoms with Crippen LogP contribution in [0, 0.1) is 45.4 Å². The number of sulfonamides is 1. The molecule has 2 amide bonds. The topological polar surface area (TPSA) is 124 Å². The normalized spacial score (nSPS) is 30.5. The summed E-state index contributed by atoms with van der Waals surface area (Å²) in [5.41, 5.74) is -7.25. The van der Waals surface area contributed by atoms with Gasteiger partial charge in [0.2, 0.25) is 0 Å². The number of carbonyl (C=O) groups excluding carboxylic acids is 2. The molecule has 60 heavy (non-hydrogen) atoms. The van der Waals surface area contributed by atoms with Gasteiger partial charge in [0.25, 0.3) is 21.8 Å². The second-order valence-corrected chi connectivity index (χ2v) is 20.9. The second kappa shape index (κ2) is 16.8. The fraction of sp³-hybridized carbons (Fsp3) is 0.708. The minimum Gasteiger partial charge on any atom is -0.495 e. The van der Waals surface area contributed by atoms with Crippen LogP contribution in [0.5, 0.6) is 11.5 Å². The number of aryl methyl sites for hydroxylation is 1. The summed E-state index contributed by atoms with van der Waals surface area (Å²) >= 11 is 0. The van der Waals surface area contributed by atoms with Crippen molar-refractivity contribution in [3.63, 3.8) is 0 Å². The highest BCUT2D eigenvalue weighted by atomic mass is 32.2. The lowest BCUT2D eigenvalue weighted by Gasteiger charge is -2.54. The molecule has 2 heterocycles. The van der Waals surface area contributed by atoms with Gasteiger partial charge in [-0.2, -0.15) is 0 Å². The zero-order valence-electron chi connectivity index (χ0n) is 45.3. The molecule has 1 aliphatic carbocycles. The standard InChI is InChI=1S/C48H75N3O8S/c1-18-46(15,19-2)49-42(52)36-25-38(56-17)41(32(7)31(36)6)60(54,55)51-37-24-30(5)40(58-26-29(3)4)33(8)39(37)48(43(51)53)21-20-47(16,34(9)35(48)10)59-45(13,14)27-50-22-23-57-28-44(50,11)12/h24-25,29,34-35H,18-23,26-28H2,1-17H3,(H,49,52)/t34?,35?,47-,48+/m0/s1/i20D2,21D2,34D,35D. The van der Waals surface area contributed by atoms with E-state index >= 15 is 13.2 Å². The van der Waals surface area contributed by atoms with E-state index < -0.39 is 79.0 Å². The Labute approximate surface area is 370 Å². The fourth-order valence-corrected chi connectivity index (χ4v) is 10.8. The predicted molar refractivity (Wildman–Crippen MR) is 239 cm³/mol. The number of anilines is 1. The van der Waals surface area contributed by atoms with Crippen molar-refractivity contribution in [1.82, 2.24) is 10.2 Å². The van der Waals surface area contributed by atoms with Crippen molar-refractivity contribution in [1.29, 1.82) is 0 Å². The average Bonchev–Trinajstić information content (AvgIpc) is 3.48. The van der Waals surface area contributed by atoms with Gasteiger partial charge >= 0.3 is 0 Å². The van der Waals surface area contributed by atoms with Crippen LogP contribution in [0.15, 0.2) is 17.0 Å². The van der Waals surface area contributed by atoms with Gasteiger partial charge in [0.05, 0.1) is 49.2 Å². The van der Waals surface area contributed by atoms with E-state index in [2.05, 4.69) is 10.2 Å². The molecular formula is C48H75N3O8S. The number of nitrogens with zero attached hydrogens (tertiary/aromatic N) is 2. The zero-order valence-corrected chi connectivity index (χ0v) is 40.1. The second-order valence-electron chi connectivity index (χ2n) is 19.2. The Balaban J connectivity index is 1.84. The van der Waals surface area contributed by atoms with Crippen LogP contribution in [-0.2, 0) is 29.7 Å². The van der Waals surface area contributed by atoms with Gasteiger partial charge in [-0.1, -0.05) is 41.5 Å². The van der Waals surface area contributed by atoms with Crippen LogP contribution in [0.25, 0.3) is 0 Å². The van der Waals surface area contributed by atoms with E-state index in [9.17, 15) is 13.0 Å². The average molecular weight is 860 g/mol. The number of fused-ring (bicyclic) bond motifs is 2. The van der Waals surface area contributed by atoms with Crippen molar-refractivity contribution < 1.29 is 45.2 Å². The smallest absolute Gasteiger partial charge is 0.274 e. The highest BCUT2D eigenvalue weighted by Gasteiger charge is 2.64. The first-order valence-electron chi connectivity index (χ1n) is 24.3. The van der Waals surface area contributed by atoms with E-state index in [-0.39, 0.29) is 64.1 Å². The van der Waals surface area contributed by atoms with Gasteiger partial charge in [-0.05, 0) is 152 Å². The molecule has 4 atom stereocenters. The molecule has 1 spiro atoms. The SMILES string of the molecule is [2H]C1([2H])C([2H])([2H])[C@@]2(C(=O)N(S(=O)(=O)c3c(OC)cc(C(=O)NC(C)(CC)CC)c(C)c3C)c3cc(C)c(OCC(C)C)c(C)c32)C([2H])(C)C([2H])(C)[C@@]1(C)OC(C)(C)CN1CCOCC1(C)C. The van der Waals surface area contributed by atoms with Crippen LogP contribution in [0.3, 0.4) is 0 Å². The summed E-state index contributed by atoms with van der Waals surface area (Å²) in [5.74, 6) is -7.12. The summed E-state index contributed by atoms with van der Waals surface area (Å²) < 4.78 is 118. The van der Waals surface area contributed by atoms with Crippen LogP contribution in [-0.4, -0.2) is 87.4 Å². The molecule has 2 aromatic rings. The van der Waals surface area contributed by atoms with E-state index in [1.54, 1.807) is 34.6 Å². The lowest BCUT2D eigenvalue weighted by molar-refractivity contribution is -0.203. The summed E-state index contributed by atoms with van der Waals surface area (Å²) in [6.45, 7) is 29.1. The predicted octanol–water partition coefficient (Wildman–Crippen LogP) is 8.98. The molecule has 11 nitrogen and oxygen atoms in total. The molecule has 0 radical (unpaired) electrons. The molecular weight excluding hydrogens is 779 g/mol. The third-order valence-electron chi connectivity index (χ3n) is 13.3. The van der Waals surface area contributed by atoms with Gasteiger partial charge in [-0.15, -0.1) is 0 Å². The summed E-state index contributed by atoms with van der Waals surface area (Å²) in [4.78, 5) is 31.7. The first-order valence-corrected chi connectivity index (χ1v) is 22.8. The number of benzene rings is 2. The Morgan fingerprint density at radius 2 is 1.67 bits per heavy atom. The molecule has 2 unspecified atom stereocenters.